The van der Waals surface area contributed by atoms with Gasteiger partial charge in [0.1, 0.15) is 5.82 Å². The monoisotopic (exact) mass is 254 g/mol. The molecule has 5 heteroatoms. The zero-order valence-electron chi connectivity index (χ0n) is 9.41. The molecule has 1 aliphatic carbocycles. The molecule has 0 unspecified atom stereocenters. The molecular formula is C12H15FN2OS. The van der Waals surface area contributed by atoms with Crippen LogP contribution in [0.3, 0.4) is 0 Å². The fraction of sp³-hybridized carbons (Fsp3) is 0.417. The Morgan fingerprint density at radius 3 is 2.94 bits per heavy atom. The van der Waals surface area contributed by atoms with Crippen LogP contribution in [0.2, 0.25) is 0 Å². The van der Waals surface area contributed by atoms with Crippen LogP contribution in [0.15, 0.2) is 18.2 Å². The summed E-state index contributed by atoms with van der Waals surface area (Å²) >= 11 is 1.49. The van der Waals surface area contributed by atoms with Crippen LogP contribution in [0.25, 0.3) is 0 Å². The molecule has 1 fully saturated rings. The third kappa shape index (κ3) is 3.93. The van der Waals surface area contributed by atoms with Crippen LogP contribution in [-0.2, 0) is 10.5 Å². The van der Waals surface area contributed by atoms with E-state index < -0.39 is 0 Å². The molecular weight excluding hydrogens is 239 g/mol. The van der Waals surface area contributed by atoms with E-state index in [1.54, 1.807) is 6.07 Å². The van der Waals surface area contributed by atoms with E-state index in [4.69, 9.17) is 5.73 Å². The Morgan fingerprint density at radius 2 is 2.29 bits per heavy atom. The van der Waals surface area contributed by atoms with Crippen LogP contribution in [0.4, 0.5) is 10.1 Å². The van der Waals surface area contributed by atoms with Gasteiger partial charge in [0.15, 0.2) is 0 Å². The first-order valence-corrected chi connectivity index (χ1v) is 6.71. The maximum absolute atomic E-state index is 12.8. The lowest BCUT2D eigenvalue weighted by Gasteiger charge is -2.06. The van der Waals surface area contributed by atoms with Gasteiger partial charge in [0, 0.05) is 17.5 Å². The zero-order chi connectivity index (χ0) is 12.3. The van der Waals surface area contributed by atoms with E-state index in [9.17, 15) is 9.18 Å². The third-order valence-electron chi connectivity index (χ3n) is 2.54. The maximum atomic E-state index is 12.8. The molecule has 0 saturated heterocycles. The molecule has 1 aliphatic rings. The van der Waals surface area contributed by atoms with Gasteiger partial charge in [-0.2, -0.15) is 0 Å². The number of nitrogens with two attached hydrogens (primary N) is 1. The molecule has 2 rings (SSSR count). The molecule has 0 atom stereocenters. The third-order valence-corrected chi connectivity index (χ3v) is 3.52. The van der Waals surface area contributed by atoms with Crippen LogP contribution in [0.5, 0.6) is 0 Å². The van der Waals surface area contributed by atoms with Gasteiger partial charge in [-0.3, -0.25) is 4.79 Å². The van der Waals surface area contributed by atoms with E-state index >= 15 is 0 Å². The largest absolute Gasteiger partial charge is 0.398 e. The molecule has 0 heterocycles. The number of thioether (sulfide) groups is 1. The molecule has 1 saturated carbocycles. The SMILES string of the molecule is Nc1cc(F)ccc1CSCC(=O)NC1CC1. The highest BCUT2D eigenvalue weighted by Crippen LogP contribution is 2.21. The fourth-order valence-corrected chi connectivity index (χ4v) is 2.30. The Bertz CT molecular complexity index is 421. The average Bonchev–Trinajstić information content (AvgIpc) is 3.05. The summed E-state index contributed by atoms with van der Waals surface area (Å²) in [5.74, 6) is 0.790. The molecule has 1 amide bonds. The predicted molar refractivity (Wildman–Crippen MR) is 68.1 cm³/mol. The highest BCUT2D eigenvalue weighted by Gasteiger charge is 2.22. The Hall–Kier alpha value is -1.23. The predicted octanol–water partition coefficient (Wildman–Crippen LogP) is 1.92. The maximum Gasteiger partial charge on any atom is 0.230 e. The van der Waals surface area contributed by atoms with Crippen molar-refractivity contribution in [2.45, 2.75) is 24.6 Å². The summed E-state index contributed by atoms with van der Waals surface area (Å²) in [5.41, 5.74) is 6.99. The van der Waals surface area contributed by atoms with Gasteiger partial charge in [-0.15, -0.1) is 11.8 Å². The van der Waals surface area contributed by atoms with Gasteiger partial charge in [0.2, 0.25) is 5.91 Å². The number of carbonyl (C=O) groups excluding carboxylic acids is 1. The number of hydrogen-bond donors (Lipinski definition) is 2. The summed E-state index contributed by atoms with van der Waals surface area (Å²) in [6.45, 7) is 0. The number of amides is 1. The van der Waals surface area contributed by atoms with Gasteiger partial charge in [0.05, 0.1) is 5.75 Å². The summed E-state index contributed by atoms with van der Waals surface area (Å²) in [5, 5.41) is 2.91. The molecule has 1 aromatic carbocycles. The summed E-state index contributed by atoms with van der Waals surface area (Å²) in [6, 6.07) is 4.76. The molecule has 0 bridgehead atoms. The van der Waals surface area contributed by atoms with Crippen molar-refractivity contribution in [1.82, 2.24) is 5.32 Å². The molecule has 0 radical (unpaired) electrons. The summed E-state index contributed by atoms with van der Waals surface area (Å²) in [7, 11) is 0. The van der Waals surface area contributed by atoms with E-state index in [-0.39, 0.29) is 11.7 Å². The van der Waals surface area contributed by atoms with E-state index in [1.807, 2.05) is 0 Å². The second-order valence-corrected chi connectivity index (χ2v) is 5.16. The molecule has 0 spiro atoms. The van der Waals surface area contributed by atoms with Crippen molar-refractivity contribution in [3.05, 3.63) is 29.6 Å². The van der Waals surface area contributed by atoms with Crippen LogP contribution in [0.1, 0.15) is 18.4 Å². The van der Waals surface area contributed by atoms with Crippen molar-refractivity contribution in [3.63, 3.8) is 0 Å². The van der Waals surface area contributed by atoms with Crippen molar-refractivity contribution < 1.29 is 9.18 Å². The lowest BCUT2D eigenvalue weighted by molar-refractivity contribution is -0.118. The number of benzene rings is 1. The molecule has 92 valence electrons. The zero-order valence-corrected chi connectivity index (χ0v) is 10.2. The van der Waals surface area contributed by atoms with Crippen LogP contribution < -0.4 is 11.1 Å². The topological polar surface area (TPSA) is 55.1 Å². The minimum Gasteiger partial charge on any atom is -0.398 e. The quantitative estimate of drug-likeness (QED) is 0.789. The van der Waals surface area contributed by atoms with Crippen LogP contribution >= 0.6 is 11.8 Å². The Kier molecular flexibility index (Phi) is 3.89. The van der Waals surface area contributed by atoms with E-state index in [0.29, 0.717) is 23.2 Å². The summed E-state index contributed by atoms with van der Waals surface area (Å²) in [4.78, 5) is 11.4. The number of nitrogen functional groups attached to an aromatic ring is 1. The van der Waals surface area contributed by atoms with Crippen LogP contribution in [0, 0.1) is 5.82 Å². The standard InChI is InChI=1S/C12H15FN2OS/c13-9-2-1-8(11(14)5-9)6-17-7-12(16)15-10-3-4-10/h1-2,5,10H,3-4,6-7,14H2,(H,15,16). The van der Waals surface area contributed by atoms with Gasteiger partial charge in [-0.1, -0.05) is 6.07 Å². The van der Waals surface area contributed by atoms with E-state index in [2.05, 4.69) is 5.32 Å². The lowest BCUT2D eigenvalue weighted by Crippen LogP contribution is -2.27. The second kappa shape index (κ2) is 5.40. The highest BCUT2D eigenvalue weighted by molar-refractivity contribution is 7.99. The molecule has 3 nitrogen and oxygen atoms in total. The number of anilines is 1. The molecule has 3 N–H and O–H groups in total. The van der Waals surface area contributed by atoms with Crippen LogP contribution in [-0.4, -0.2) is 17.7 Å². The van der Waals surface area contributed by atoms with E-state index in [0.717, 1.165) is 18.4 Å². The first-order valence-electron chi connectivity index (χ1n) is 5.56. The first kappa shape index (κ1) is 12.2. The summed E-state index contributed by atoms with van der Waals surface area (Å²) < 4.78 is 12.8. The number of hydrogen-bond acceptors (Lipinski definition) is 3. The molecule has 0 aliphatic heterocycles. The summed E-state index contributed by atoms with van der Waals surface area (Å²) in [6.07, 6.45) is 2.20. The smallest absolute Gasteiger partial charge is 0.230 e. The lowest BCUT2D eigenvalue weighted by atomic mass is 10.2. The van der Waals surface area contributed by atoms with Crippen molar-refractivity contribution in [3.8, 4) is 0 Å². The Balaban J connectivity index is 1.75. The fourth-order valence-electron chi connectivity index (χ4n) is 1.45. The number of nitrogens with one attached hydrogen (secondary N) is 1. The van der Waals surface area contributed by atoms with Gasteiger partial charge >= 0.3 is 0 Å². The van der Waals surface area contributed by atoms with Crippen molar-refractivity contribution in [2.24, 2.45) is 0 Å². The van der Waals surface area contributed by atoms with Crippen molar-refractivity contribution in [2.75, 3.05) is 11.5 Å². The average molecular weight is 254 g/mol. The molecule has 17 heavy (non-hydrogen) atoms. The minimum absolute atomic E-state index is 0.0678. The van der Waals surface area contributed by atoms with Gasteiger partial charge in [-0.25, -0.2) is 4.39 Å². The minimum atomic E-state index is -0.331. The number of carbonyl (C=O) groups is 1. The van der Waals surface area contributed by atoms with Gasteiger partial charge < -0.3 is 11.1 Å². The van der Waals surface area contributed by atoms with E-state index in [1.165, 1.54) is 23.9 Å². The number of halogens is 1. The second-order valence-electron chi connectivity index (χ2n) is 4.18. The molecule has 0 aromatic heterocycles. The highest BCUT2D eigenvalue weighted by atomic mass is 32.2. The Labute approximate surface area is 104 Å². The van der Waals surface area contributed by atoms with Crippen molar-refractivity contribution in [1.29, 1.82) is 0 Å². The van der Waals surface area contributed by atoms with Gasteiger partial charge in [0.25, 0.3) is 0 Å². The normalized spacial score (nSPS) is 14.6. The Morgan fingerprint density at radius 1 is 1.53 bits per heavy atom. The van der Waals surface area contributed by atoms with Gasteiger partial charge in [-0.05, 0) is 30.5 Å². The molecule has 1 aromatic rings. The van der Waals surface area contributed by atoms with Crippen molar-refractivity contribution >= 4 is 23.4 Å². The first-order chi connectivity index (χ1) is 8.15. The number of rotatable bonds is 5.